The monoisotopic (exact) mass is 521 g/mol. The summed E-state index contributed by atoms with van der Waals surface area (Å²) in [5, 5.41) is 14.3. The standard InChI is InChI=1S/C27H31N5O4S/c28-14-20-8-4-10-31(20)26(34)24(29-27(35)36-18-19-6-2-1-3-7-19)17-30-15-22-12-21(30)16-32(22)25(33)13-23-9-5-11-37-23/h1-3,5-7,9,11,20-22,24H,4,8,10,12-13,15-18H2,(H,29,35)/t20-,21-,22-,24-/m0/s1. The van der Waals surface area contributed by atoms with E-state index in [1.807, 2.05) is 52.7 Å². The van der Waals surface area contributed by atoms with Gasteiger partial charge in [-0.05, 0) is 36.3 Å². The van der Waals surface area contributed by atoms with Gasteiger partial charge in [0.2, 0.25) is 11.8 Å². The fraction of sp³-hybridized carbons (Fsp3) is 0.481. The van der Waals surface area contributed by atoms with E-state index in [2.05, 4.69) is 16.3 Å². The number of fused-ring (bicyclic) bond motifs is 2. The average molecular weight is 522 g/mol. The van der Waals surface area contributed by atoms with Gasteiger partial charge in [-0.2, -0.15) is 5.26 Å². The van der Waals surface area contributed by atoms with E-state index in [-0.39, 0.29) is 30.5 Å². The zero-order chi connectivity index (χ0) is 25.8. The van der Waals surface area contributed by atoms with Crippen molar-refractivity contribution in [1.29, 1.82) is 5.26 Å². The quantitative estimate of drug-likeness (QED) is 0.572. The van der Waals surface area contributed by atoms with Crippen LogP contribution in [-0.4, -0.2) is 83.0 Å². The Kier molecular flexibility index (Phi) is 7.72. The molecule has 3 aliphatic rings. The number of hydrogen-bond acceptors (Lipinski definition) is 7. The normalized spacial score (nSPS) is 23.6. The summed E-state index contributed by atoms with van der Waals surface area (Å²) < 4.78 is 5.39. The number of ether oxygens (including phenoxy) is 1. The maximum absolute atomic E-state index is 13.5. The number of piperazine rings is 1. The Bertz CT molecular complexity index is 1150. The Hall–Kier alpha value is -3.42. The van der Waals surface area contributed by atoms with Gasteiger partial charge < -0.3 is 19.9 Å². The molecule has 0 spiro atoms. The Labute approximate surface area is 220 Å². The van der Waals surface area contributed by atoms with Gasteiger partial charge in [-0.1, -0.05) is 36.4 Å². The van der Waals surface area contributed by atoms with Crippen molar-refractivity contribution in [2.75, 3.05) is 26.2 Å². The van der Waals surface area contributed by atoms with E-state index in [0.717, 1.165) is 23.3 Å². The Balaban J connectivity index is 1.21. The molecule has 10 heteroatoms. The lowest BCUT2D eigenvalue weighted by Crippen LogP contribution is -2.58. The van der Waals surface area contributed by atoms with Crippen molar-refractivity contribution >= 4 is 29.2 Å². The number of rotatable bonds is 8. The molecule has 9 nitrogen and oxygen atoms in total. The van der Waals surface area contributed by atoms with E-state index < -0.39 is 18.2 Å². The Morgan fingerprint density at radius 1 is 1.11 bits per heavy atom. The molecule has 1 aromatic heterocycles. The molecule has 194 valence electrons. The molecule has 4 atom stereocenters. The first-order valence-electron chi connectivity index (χ1n) is 12.7. The third-order valence-electron chi connectivity index (χ3n) is 7.48. The van der Waals surface area contributed by atoms with Crippen molar-refractivity contribution in [2.24, 2.45) is 0 Å². The summed E-state index contributed by atoms with van der Waals surface area (Å²) >= 11 is 1.59. The van der Waals surface area contributed by atoms with Crippen LogP contribution in [0.5, 0.6) is 0 Å². The maximum atomic E-state index is 13.5. The first-order valence-corrected chi connectivity index (χ1v) is 13.6. The molecule has 2 aromatic rings. The lowest BCUT2D eigenvalue weighted by molar-refractivity contribution is -0.135. The number of nitriles is 1. The van der Waals surface area contributed by atoms with Crippen molar-refractivity contribution in [1.82, 2.24) is 20.0 Å². The molecule has 4 heterocycles. The van der Waals surface area contributed by atoms with E-state index in [1.165, 1.54) is 0 Å². The van der Waals surface area contributed by atoms with Gasteiger partial charge in [0, 0.05) is 43.1 Å². The second kappa shape index (κ2) is 11.3. The number of nitrogens with zero attached hydrogens (tertiary/aromatic N) is 4. The molecule has 0 saturated carbocycles. The van der Waals surface area contributed by atoms with Crippen LogP contribution in [0.25, 0.3) is 0 Å². The molecule has 3 aliphatic heterocycles. The summed E-state index contributed by atoms with van der Waals surface area (Å²) in [5.41, 5.74) is 0.855. The summed E-state index contributed by atoms with van der Waals surface area (Å²) in [6.07, 6.45) is 2.03. The molecule has 1 N–H and O–H groups in total. The summed E-state index contributed by atoms with van der Waals surface area (Å²) in [4.78, 5) is 45.8. The third kappa shape index (κ3) is 5.78. The molecular formula is C27H31N5O4S. The summed E-state index contributed by atoms with van der Waals surface area (Å²) in [5.74, 6) is -0.118. The third-order valence-corrected chi connectivity index (χ3v) is 8.36. The van der Waals surface area contributed by atoms with Crippen LogP contribution < -0.4 is 5.32 Å². The zero-order valence-corrected chi connectivity index (χ0v) is 21.4. The first-order chi connectivity index (χ1) is 18.0. The van der Waals surface area contributed by atoms with Crippen LogP contribution in [0.3, 0.4) is 0 Å². The molecule has 0 unspecified atom stereocenters. The van der Waals surface area contributed by atoms with E-state index in [1.54, 1.807) is 16.2 Å². The minimum absolute atomic E-state index is 0.105. The number of thiophene rings is 1. The first kappa shape index (κ1) is 25.2. The molecule has 5 rings (SSSR count). The van der Waals surface area contributed by atoms with Crippen LogP contribution in [0.15, 0.2) is 47.8 Å². The Morgan fingerprint density at radius 3 is 2.65 bits per heavy atom. The zero-order valence-electron chi connectivity index (χ0n) is 20.6. The molecule has 1 aromatic carbocycles. The van der Waals surface area contributed by atoms with Gasteiger partial charge in [0.25, 0.3) is 0 Å². The smallest absolute Gasteiger partial charge is 0.408 e. The topological polar surface area (TPSA) is 106 Å². The van der Waals surface area contributed by atoms with Crippen LogP contribution in [0.4, 0.5) is 4.79 Å². The number of alkyl carbamates (subject to hydrolysis) is 1. The number of likely N-dealkylation sites (tertiary alicyclic amines) is 3. The van der Waals surface area contributed by atoms with Crippen LogP contribution in [-0.2, 0) is 27.4 Å². The number of amides is 3. The second-order valence-corrected chi connectivity index (χ2v) is 10.9. The van der Waals surface area contributed by atoms with E-state index in [0.29, 0.717) is 39.0 Å². The van der Waals surface area contributed by atoms with Crippen molar-refractivity contribution in [3.05, 3.63) is 58.3 Å². The predicted molar refractivity (Wildman–Crippen MR) is 137 cm³/mol. The van der Waals surface area contributed by atoms with Crippen LogP contribution >= 0.6 is 11.3 Å². The van der Waals surface area contributed by atoms with Crippen molar-refractivity contribution in [3.8, 4) is 6.07 Å². The highest BCUT2D eigenvalue weighted by molar-refractivity contribution is 7.10. The molecule has 0 aliphatic carbocycles. The fourth-order valence-corrected chi connectivity index (χ4v) is 6.33. The van der Waals surface area contributed by atoms with Crippen LogP contribution in [0.2, 0.25) is 0 Å². The Morgan fingerprint density at radius 2 is 1.95 bits per heavy atom. The van der Waals surface area contributed by atoms with Gasteiger partial charge in [-0.25, -0.2) is 4.79 Å². The molecular weight excluding hydrogens is 490 g/mol. The van der Waals surface area contributed by atoms with E-state index in [9.17, 15) is 19.6 Å². The minimum Gasteiger partial charge on any atom is -0.445 e. The summed E-state index contributed by atoms with van der Waals surface area (Å²) in [6, 6.07) is 14.5. The van der Waals surface area contributed by atoms with Crippen molar-refractivity contribution in [2.45, 2.75) is 56.5 Å². The lowest BCUT2D eigenvalue weighted by atomic mass is 10.1. The van der Waals surface area contributed by atoms with Crippen molar-refractivity contribution in [3.63, 3.8) is 0 Å². The number of carbonyl (C=O) groups is 3. The van der Waals surface area contributed by atoms with E-state index in [4.69, 9.17) is 4.74 Å². The fourth-order valence-electron chi connectivity index (χ4n) is 5.63. The number of carbonyl (C=O) groups excluding carboxylic acids is 3. The number of hydrogen-bond donors (Lipinski definition) is 1. The highest BCUT2D eigenvalue weighted by atomic mass is 32.1. The largest absolute Gasteiger partial charge is 0.445 e. The van der Waals surface area contributed by atoms with Crippen molar-refractivity contribution < 1.29 is 19.1 Å². The summed E-state index contributed by atoms with van der Waals surface area (Å²) in [6.45, 7) is 2.22. The SMILES string of the molecule is N#C[C@@H]1CCCN1C(=O)[C@H](CN1C[C@@H]2C[C@H]1CN2C(=O)Cc1cccs1)NC(=O)OCc1ccccc1. The lowest BCUT2D eigenvalue weighted by Gasteiger charge is -2.36. The van der Waals surface area contributed by atoms with E-state index >= 15 is 0 Å². The molecule has 3 fully saturated rings. The predicted octanol–water partition coefficient (Wildman–Crippen LogP) is 2.39. The highest BCUT2D eigenvalue weighted by Crippen LogP contribution is 2.32. The molecule has 3 amide bonds. The van der Waals surface area contributed by atoms with Gasteiger partial charge in [0.1, 0.15) is 18.7 Å². The number of benzene rings is 1. The van der Waals surface area contributed by atoms with Gasteiger partial charge in [-0.3, -0.25) is 14.5 Å². The summed E-state index contributed by atoms with van der Waals surface area (Å²) in [7, 11) is 0. The van der Waals surface area contributed by atoms with Crippen LogP contribution in [0.1, 0.15) is 29.7 Å². The maximum Gasteiger partial charge on any atom is 0.408 e. The van der Waals surface area contributed by atoms with Gasteiger partial charge in [0.05, 0.1) is 12.5 Å². The van der Waals surface area contributed by atoms with Gasteiger partial charge >= 0.3 is 6.09 Å². The van der Waals surface area contributed by atoms with Gasteiger partial charge in [-0.15, -0.1) is 11.3 Å². The molecule has 3 saturated heterocycles. The van der Waals surface area contributed by atoms with Gasteiger partial charge in [0.15, 0.2) is 0 Å². The average Bonchev–Trinajstić information content (AvgIpc) is 3.72. The molecule has 2 bridgehead atoms. The minimum atomic E-state index is -0.827. The van der Waals surface area contributed by atoms with Crippen LogP contribution in [0, 0.1) is 11.3 Å². The highest BCUT2D eigenvalue weighted by Gasteiger charge is 2.46. The molecule has 0 radical (unpaired) electrons. The number of nitrogens with one attached hydrogen (secondary N) is 1. The molecule has 37 heavy (non-hydrogen) atoms. The second-order valence-electron chi connectivity index (χ2n) is 9.88.